The Labute approximate surface area is 169 Å². The van der Waals surface area contributed by atoms with Crippen molar-refractivity contribution in [3.05, 3.63) is 71.4 Å². The molecule has 29 heavy (non-hydrogen) atoms. The van der Waals surface area contributed by atoms with Crippen LogP contribution in [0.3, 0.4) is 0 Å². The lowest BCUT2D eigenvalue weighted by atomic mass is 10.1. The van der Waals surface area contributed by atoms with Gasteiger partial charge in [0.15, 0.2) is 0 Å². The van der Waals surface area contributed by atoms with Gasteiger partial charge in [-0.05, 0) is 55.2 Å². The number of hydrogen-bond donors (Lipinski definition) is 3. The Morgan fingerprint density at radius 1 is 0.931 bits per heavy atom. The van der Waals surface area contributed by atoms with Gasteiger partial charge in [-0.1, -0.05) is 36.8 Å². The largest absolute Gasteiger partial charge is 0.550 e. The minimum Gasteiger partial charge on any atom is -0.550 e. The fraction of sp³-hybridized carbons (Fsp3) is 0.227. The molecule has 0 spiro atoms. The van der Waals surface area contributed by atoms with Crippen molar-refractivity contribution in [2.75, 3.05) is 6.54 Å². The zero-order valence-electron chi connectivity index (χ0n) is 15.9. The van der Waals surface area contributed by atoms with Gasteiger partial charge in [-0.25, -0.2) is 0 Å². The molecule has 0 saturated heterocycles. The lowest BCUT2D eigenvalue weighted by Gasteiger charge is -2.11. The van der Waals surface area contributed by atoms with Crippen LogP contribution in [0.2, 0.25) is 0 Å². The van der Waals surface area contributed by atoms with Crippen LogP contribution in [0, 0.1) is 0 Å². The van der Waals surface area contributed by atoms with E-state index >= 15 is 0 Å². The highest BCUT2D eigenvalue weighted by Crippen LogP contribution is 2.13. The van der Waals surface area contributed by atoms with E-state index in [1.807, 2.05) is 0 Å². The number of carbonyl (C=O) groups is 3. The van der Waals surface area contributed by atoms with Crippen LogP contribution >= 0.6 is 0 Å². The quantitative estimate of drug-likeness (QED) is 0.417. The molecule has 7 heteroatoms. The molecular weight excluding hydrogens is 372 g/mol. The summed E-state index contributed by atoms with van der Waals surface area (Å²) in [5, 5.41) is 25.2. The molecule has 0 bridgehead atoms. The molecule has 0 aliphatic heterocycles. The molecule has 0 radical (unpaired) electrons. The zero-order valence-corrected chi connectivity index (χ0v) is 15.9. The van der Waals surface area contributed by atoms with E-state index < -0.39 is 17.8 Å². The standard InChI is InChI=1S/C22H24N2O5/c25-18-12-10-16(11-13-18)15-19(24-21(28)17-7-3-1-4-8-17)22(29)23-14-6-2-5-9-20(26)27/h1,3-4,7-8,10-13,15,25H,2,5-6,9,14H2,(H,23,29)(H,24,28)(H,26,27)/p-1/b19-15+. The number of unbranched alkanes of at least 4 members (excludes halogenated alkanes) is 2. The van der Waals surface area contributed by atoms with Gasteiger partial charge >= 0.3 is 0 Å². The number of aromatic hydroxyl groups is 1. The van der Waals surface area contributed by atoms with E-state index in [-0.39, 0.29) is 17.9 Å². The molecule has 0 fully saturated rings. The third-order valence-electron chi connectivity index (χ3n) is 4.08. The van der Waals surface area contributed by atoms with E-state index in [1.165, 1.54) is 18.2 Å². The van der Waals surface area contributed by atoms with Crippen LogP contribution in [-0.4, -0.2) is 29.4 Å². The highest BCUT2D eigenvalue weighted by Gasteiger charge is 2.14. The molecule has 2 amide bonds. The van der Waals surface area contributed by atoms with Gasteiger partial charge in [0.25, 0.3) is 11.8 Å². The predicted octanol–water partition coefficient (Wildman–Crippen LogP) is 1.59. The van der Waals surface area contributed by atoms with Gasteiger partial charge in [-0.2, -0.15) is 0 Å². The Kier molecular flexibility index (Phi) is 8.44. The summed E-state index contributed by atoms with van der Waals surface area (Å²) in [6, 6.07) is 14.7. The van der Waals surface area contributed by atoms with Gasteiger partial charge in [0.2, 0.25) is 0 Å². The molecule has 0 atom stereocenters. The summed E-state index contributed by atoms with van der Waals surface area (Å²) in [7, 11) is 0. The van der Waals surface area contributed by atoms with Crippen LogP contribution in [0.4, 0.5) is 0 Å². The summed E-state index contributed by atoms with van der Waals surface area (Å²) in [4.78, 5) is 35.4. The van der Waals surface area contributed by atoms with Gasteiger partial charge in [0.05, 0.1) is 0 Å². The van der Waals surface area contributed by atoms with Crippen molar-refractivity contribution >= 4 is 23.9 Å². The normalized spacial score (nSPS) is 11.0. The van der Waals surface area contributed by atoms with Crippen molar-refractivity contribution < 1.29 is 24.6 Å². The van der Waals surface area contributed by atoms with Crippen LogP contribution < -0.4 is 15.7 Å². The smallest absolute Gasteiger partial charge is 0.267 e. The molecular formula is C22H23N2O5-. The topological polar surface area (TPSA) is 119 Å². The fourth-order valence-corrected chi connectivity index (χ4v) is 2.55. The Morgan fingerprint density at radius 2 is 1.62 bits per heavy atom. The first-order valence-electron chi connectivity index (χ1n) is 9.31. The van der Waals surface area contributed by atoms with Gasteiger partial charge in [-0.3, -0.25) is 9.59 Å². The number of carbonyl (C=O) groups excluding carboxylic acids is 3. The molecule has 7 nitrogen and oxygen atoms in total. The van der Waals surface area contributed by atoms with Gasteiger partial charge in [0.1, 0.15) is 11.4 Å². The minimum absolute atomic E-state index is 0.00686. The van der Waals surface area contributed by atoms with Crippen molar-refractivity contribution in [3.63, 3.8) is 0 Å². The maximum Gasteiger partial charge on any atom is 0.267 e. The first-order chi connectivity index (χ1) is 14.0. The Balaban J connectivity index is 2.03. The van der Waals surface area contributed by atoms with Gasteiger partial charge < -0.3 is 25.6 Å². The first kappa shape index (κ1) is 21.7. The second-order valence-corrected chi connectivity index (χ2v) is 6.41. The van der Waals surface area contributed by atoms with Crippen LogP contribution in [0.25, 0.3) is 6.08 Å². The summed E-state index contributed by atoms with van der Waals surface area (Å²) in [6.07, 6.45) is 3.25. The highest BCUT2D eigenvalue weighted by molar-refractivity contribution is 6.05. The Morgan fingerprint density at radius 3 is 2.28 bits per heavy atom. The molecule has 2 aromatic carbocycles. The molecule has 152 valence electrons. The average molecular weight is 395 g/mol. The minimum atomic E-state index is -1.09. The summed E-state index contributed by atoms with van der Waals surface area (Å²) in [6.45, 7) is 0.347. The van der Waals surface area contributed by atoms with E-state index in [0.717, 1.165) is 0 Å². The number of nitrogens with one attached hydrogen (secondary N) is 2. The molecule has 3 N–H and O–H groups in total. The summed E-state index contributed by atoms with van der Waals surface area (Å²) in [5.74, 6) is -1.86. The SMILES string of the molecule is O=C([O-])CCCCCNC(=O)/C(=C\c1ccc(O)cc1)NC(=O)c1ccccc1. The molecule has 0 heterocycles. The number of benzene rings is 2. The van der Waals surface area contributed by atoms with Crippen LogP contribution in [-0.2, 0) is 9.59 Å². The summed E-state index contributed by atoms with van der Waals surface area (Å²) < 4.78 is 0. The van der Waals surface area contributed by atoms with Crippen molar-refractivity contribution in [1.82, 2.24) is 10.6 Å². The summed E-state index contributed by atoms with van der Waals surface area (Å²) >= 11 is 0. The van der Waals surface area contributed by atoms with Crippen LogP contribution in [0.1, 0.15) is 41.6 Å². The molecule has 0 unspecified atom stereocenters. The number of carboxylic acids is 1. The third kappa shape index (κ3) is 7.88. The predicted molar refractivity (Wildman–Crippen MR) is 106 cm³/mol. The Hall–Kier alpha value is -3.61. The Bertz CT molecular complexity index is 861. The number of phenols is 1. The molecule has 2 rings (SSSR count). The molecule has 0 saturated carbocycles. The van der Waals surface area contributed by atoms with E-state index in [1.54, 1.807) is 42.5 Å². The molecule has 0 aromatic heterocycles. The van der Waals surface area contributed by atoms with E-state index in [9.17, 15) is 24.6 Å². The lowest BCUT2D eigenvalue weighted by molar-refractivity contribution is -0.305. The maximum absolute atomic E-state index is 12.6. The molecule has 2 aromatic rings. The van der Waals surface area contributed by atoms with Crippen molar-refractivity contribution in [2.45, 2.75) is 25.7 Å². The zero-order chi connectivity index (χ0) is 21.1. The van der Waals surface area contributed by atoms with Crippen molar-refractivity contribution in [3.8, 4) is 5.75 Å². The number of carboxylic acid groups (broad SMARTS) is 1. The number of rotatable bonds is 10. The van der Waals surface area contributed by atoms with E-state index in [0.29, 0.717) is 36.9 Å². The molecule has 0 aliphatic carbocycles. The number of aliphatic carboxylic acids is 1. The monoisotopic (exact) mass is 395 g/mol. The fourth-order valence-electron chi connectivity index (χ4n) is 2.55. The van der Waals surface area contributed by atoms with Crippen molar-refractivity contribution in [1.29, 1.82) is 0 Å². The number of amides is 2. The maximum atomic E-state index is 12.6. The van der Waals surface area contributed by atoms with Crippen LogP contribution in [0.5, 0.6) is 5.75 Å². The lowest BCUT2D eigenvalue weighted by Crippen LogP contribution is -2.35. The second kappa shape index (κ2) is 11.3. The third-order valence-corrected chi connectivity index (χ3v) is 4.08. The molecule has 0 aliphatic rings. The van der Waals surface area contributed by atoms with Crippen LogP contribution in [0.15, 0.2) is 60.3 Å². The summed E-state index contributed by atoms with van der Waals surface area (Å²) in [5.41, 5.74) is 1.12. The number of hydrogen-bond acceptors (Lipinski definition) is 5. The van der Waals surface area contributed by atoms with Gasteiger partial charge in [0, 0.05) is 18.1 Å². The van der Waals surface area contributed by atoms with E-state index in [2.05, 4.69) is 10.6 Å². The average Bonchev–Trinajstić information content (AvgIpc) is 2.71. The van der Waals surface area contributed by atoms with Gasteiger partial charge in [-0.15, -0.1) is 0 Å². The van der Waals surface area contributed by atoms with Crippen molar-refractivity contribution in [2.24, 2.45) is 0 Å². The second-order valence-electron chi connectivity index (χ2n) is 6.41. The van der Waals surface area contributed by atoms with E-state index in [4.69, 9.17) is 0 Å². The first-order valence-corrected chi connectivity index (χ1v) is 9.31. The number of phenolic OH excluding ortho intramolecular Hbond substituents is 1. The highest BCUT2D eigenvalue weighted by atomic mass is 16.4.